The summed E-state index contributed by atoms with van der Waals surface area (Å²) in [6.07, 6.45) is 5.44. The van der Waals surface area contributed by atoms with Crippen LogP contribution in [0.4, 0.5) is 0 Å². The van der Waals surface area contributed by atoms with E-state index in [4.69, 9.17) is 0 Å². The molecule has 2 rings (SSSR count). The van der Waals surface area contributed by atoms with Crippen molar-refractivity contribution < 1.29 is 0 Å². The number of rotatable bonds is 6. The summed E-state index contributed by atoms with van der Waals surface area (Å²) in [6.45, 7) is 9.68. The van der Waals surface area contributed by atoms with Gasteiger partial charge in [0.05, 0.1) is 0 Å². The van der Waals surface area contributed by atoms with Crippen molar-refractivity contribution in [2.24, 2.45) is 5.92 Å². The average Bonchev–Trinajstić information content (AvgIpc) is 3.13. The van der Waals surface area contributed by atoms with Gasteiger partial charge in [-0.05, 0) is 65.7 Å². The largest absolute Gasteiger partial charge is 0.309 e. The predicted molar refractivity (Wildman–Crippen MR) is 78.0 cm³/mol. The first-order chi connectivity index (χ1) is 8.55. The van der Waals surface area contributed by atoms with E-state index in [1.807, 2.05) is 0 Å². The summed E-state index contributed by atoms with van der Waals surface area (Å²) in [5.74, 6) is 0.937. The lowest BCUT2D eigenvalue weighted by atomic mass is 9.90. The topological polar surface area (TPSA) is 18.5 Å². The van der Waals surface area contributed by atoms with Crippen LogP contribution < -0.4 is 5.32 Å². The van der Waals surface area contributed by atoms with Gasteiger partial charge < -0.3 is 10.2 Å². The molecule has 2 fully saturated rings. The van der Waals surface area contributed by atoms with Crippen LogP contribution in [0, 0.1) is 5.92 Å². The maximum Gasteiger partial charge on any atom is 0.0309 e. The van der Waals surface area contributed by atoms with Gasteiger partial charge in [0.15, 0.2) is 0 Å². The lowest BCUT2D eigenvalue weighted by Gasteiger charge is -2.46. The Morgan fingerprint density at radius 2 is 2.06 bits per heavy atom. The Bertz CT molecular complexity index is 262. The summed E-state index contributed by atoms with van der Waals surface area (Å²) in [7, 11) is 4.34. The van der Waals surface area contributed by atoms with Crippen molar-refractivity contribution in [1.29, 1.82) is 0 Å². The van der Waals surface area contributed by atoms with Crippen LogP contribution in [0.3, 0.4) is 0 Å². The molecule has 3 heteroatoms. The van der Waals surface area contributed by atoms with E-state index >= 15 is 0 Å². The van der Waals surface area contributed by atoms with Crippen LogP contribution in [0.25, 0.3) is 0 Å². The molecule has 0 amide bonds. The Morgan fingerprint density at radius 1 is 1.33 bits per heavy atom. The second-order valence-electron chi connectivity index (χ2n) is 6.76. The molecule has 1 aliphatic heterocycles. The smallest absolute Gasteiger partial charge is 0.0309 e. The average molecular weight is 253 g/mol. The maximum atomic E-state index is 3.84. The van der Waals surface area contributed by atoms with Crippen LogP contribution in [0.1, 0.15) is 39.5 Å². The third kappa shape index (κ3) is 3.46. The highest BCUT2D eigenvalue weighted by Crippen LogP contribution is 2.41. The Labute approximate surface area is 113 Å². The van der Waals surface area contributed by atoms with E-state index in [-0.39, 0.29) is 0 Å². The van der Waals surface area contributed by atoms with Crippen molar-refractivity contribution in [2.75, 3.05) is 40.3 Å². The highest BCUT2D eigenvalue weighted by atomic mass is 15.3. The monoisotopic (exact) mass is 253 g/mol. The molecule has 1 heterocycles. The van der Waals surface area contributed by atoms with Gasteiger partial charge in [-0.15, -0.1) is 0 Å². The molecule has 106 valence electrons. The van der Waals surface area contributed by atoms with E-state index in [0.29, 0.717) is 5.54 Å². The molecule has 0 aromatic rings. The van der Waals surface area contributed by atoms with Gasteiger partial charge in [-0.25, -0.2) is 0 Å². The zero-order valence-electron chi connectivity index (χ0n) is 12.7. The first-order valence-corrected chi connectivity index (χ1v) is 7.69. The van der Waals surface area contributed by atoms with E-state index in [1.165, 1.54) is 51.9 Å². The van der Waals surface area contributed by atoms with Crippen LogP contribution >= 0.6 is 0 Å². The van der Waals surface area contributed by atoms with E-state index in [1.54, 1.807) is 0 Å². The van der Waals surface area contributed by atoms with E-state index in [2.05, 4.69) is 43.1 Å². The van der Waals surface area contributed by atoms with E-state index in [9.17, 15) is 0 Å². The number of hydrogen-bond donors (Lipinski definition) is 1. The SMILES string of the molecule is CCC1CNC(C)(C2CC2)CN1CCCN(C)C. The zero-order valence-corrected chi connectivity index (χ0v) is 12.7. The molecule has 18 heavy (non-hydrogen) atoms. The number of piperazine rings is 1. The predicted octanol–water partition coefficient (Wildman–Crippen LogP) is 1.79. The molecule has 1 aliphatic carbocycles. The fourth-order valence-electron chi connectivity index (χ4n) is 3.34. The molecular formula is C15H31N3. The Kier molecular flexibility index (Phi) is 4.68. The molecule has 0 aromatic heterocycles. The molecule has 2 unspecified atom stereocenters. The molecule has 3 nitrogen and oxygen atoms in total. The van der Waals surface area contributed by atoms with Gasteiger partial charge in [-0.2, -0.15) is 0 Å². The van der Waals surface area contributed by atoms with Gasteiger partial charge in [0.2, 0.25) is 0 Å². The standard InChI is InChI=1S/C15H31N3/c1-5-14-11-16-15(2,13-7-8-13)12-18(14)10-6-9-17(3)4/h13-14,16H,5-12H2,1-4H3. The van der Waals surface area contributed by atoms with Crippen LogP contribution in [0.2, 0.25) is 0 Å². The quantitative estimate of drug-likeness (QED) is 0.778. The van der Waals surface area contributed by atoms with Gasteiger partial charge in [-0.3, -0.25) is 4.90 Å². The number of hydrogen-bond acceptors (Lipinski definition) is 3. The first kappa shape index (κ1) is 14.3. The third-order valence-corrected chi connectivity index (χ3v) is 4.79. The maximum absolute atomic E-state index is 3.84. The Hall–Kier alpha value is -0.120. The molecule has 1 saturated carbocycles. The van der Waals surface area contributed by atoms with Gasteiger partial charge >= 0.3 is 0 Å². The van der Waals surface area contributed by atoms with Crippen LogP contribution in [-0.2, 0) is 0 Å². The minimum absolute atomic E-state index is 0.393. The third-order valence-electron chi connectivity index (χ3n) is 4.79. The van der Waals surface area contributed by atoms with Gasteiger partial charge in [-0.1, -0.05) is 6.92 Å². The molecular weight excluding hydrogens is 222 g/mol. The lowest BCUT2D eigenvalue weighted by molar-refractivity contribution is 0.0703. The zero-order chi connectivity index (χ0) is 13.2. The van der Waals surface area contributed by atoms with Crippen molar-refractivity contribution in [3.05, 3.63) is 0 Å². The van der Waals surface area contributed by atoms with Crippen molar-refractivity contribution in [2.45, 2.75) is 51.1 Å². The van der Waals surface area contributed by atoms with Crippen LogP contribution in [-0.4, -0.2) is 61.7 Å². The molecule has 2 aliphatic rings. The van der Waals surface area contributed by atoms with Crippen LogP contribution in [0.15, 0.2) is 0 Å². The molecule has 0 spiro atoms. The molecule has 0 radical (unpaired) electrons. The van der Waals surface area contributed by atoms with Crippen molar-refractivity contribution in [3.8, 4) is 0 Å². The normalized spacial score (nSPS) is 34.2. The van der Waals surface area contributed by atoms with Gasteiger partial charge in [0.1, 0.15) is 0 Å². The second-order valence-corrected chi connectivity index (χ2v) is 6.76. The summed E-state index contributed by atoms with van der Waals surface area (Å²) >= 11 is 0. The minimum atomic E-state index is 0.393. The fraction of sp³-hybridized carbons (Fsp3) is 1.00. The molecule has 1 saturated heterocycles. The molecule has 0 aromatic carbocycles. The number of nitrogens with one attached hydrogen (secondary N) is 1. The van der Waals surface area contributed by atoms with Gasteiger partial charge in [0, 0.05) is 24.7 Å². The summed E-state index contributed by atoms with van der Waals surface area (Å²) in [6, 6.07) is 0.749. The highest BCUT2D eigenvalue weighted by molar-refractivity contribution is 5.03. The number of nitrogens with zero attached hydrogens (tertiary/aromatic N) is 2. The summed E-state index contributed by atoms with van der Waals surface area (Å²) < 4.78 is 0. The Balaban J connectivity index is 1.86. The van der Waals surface area contributed by atoms with E-state index < -0.39 is 0 Å². The van der Waals surface area contributed by atoms with Gasteiger partial charge in [0.25, 0.3) is 0 Å². The minimum Gasteiger partial charge on any atom is -0.309 e. The summed E-state index contributed by atoms with van der Waals surface area (Å²) in [5, 5.41) is 3.84. The summed E-state index contributed by atoms with van der Waals surface area (Å²) in [4.78, 5) is 5.04. The summed E-state index contributed by atoms with van der Waals surface area (Å²) in [5.41, 5.74) is 0.393. The van der Waals surface area contributed by atoms with E-state index in [0.717, 1.165) is 12.0 Å². The Morgan fingerprint density at radius 3 is 2.61 bits per heavy atom. The van der Waals surface area contributed by atoms with Crippen LogP contribution in [0.5, 0.6) is 0 Å². The molecule has 1 N–H and O–H groups in total. The molecule has 0 bridgehead atoms. The van der Waals surface area contributed by atoms with Crippen molar-refractivity contribution in [3.63, 3.8) is 0 Å². The first-order valence-electron chi connectivity index (χ1n) is 7.69. The second kappa shape index (κ2) is 5.89. The van der Waals surface area contributed by atoms with Crippen molar-refractivity contribution >= 4 is 0 Å². The lowest BCUT2D eigenvalue weighted by Crippen LogP contribution is -2.64. The fourth-order valence-corrected chi connectivity index (χ4v) is 3.34. The van der Waals surface area contributed by atoms with Crippen molar-refractivity contribution in [1.82, 2.24) is 15.1 Å². The molecule has 2 atom stereocenters. The highest BCUT2D eigenvalue weighted by Gasteiger charge is 2.45.